The van der Waals surface area contributed by atoms with Crippen molar-refractivity contribution in [2.75, 3.05) is 6.54 Å². The highest BCUT2D eigenvalue weighted by atomic mass is 16.2. The quantitative estimate of drug-likeness (QED) is 0.788. The van der Waals surface area contributed by atoms with Crippen LogP contribution in [0.4, 0.5) is 0 Å². The molecule has 0 unspecified atom stereocenters. The average Bonchev–Trinajstić information content (AvgIpc) is 2.71. The summed E-state index contributed by atoms with van der Waals surface area (Å²) < 4.78 is 0. The zero-order chi connectivity index (χ0) is 13.5. The third-order valence-electron chi connectivity index (χ3n) is 5.15. The van der Waals surface area contributed by atoms with Crippen molar-refractivity contribution < 1.29 is 4.79 Å². The predicted molar refractivity (Wildman–Crippen MR) is 76.3 cm³/mol. The van der Waals surface area contributed by atoms with Crippen molar-refractivity contribution in [3.8, 4) is 0 Å². The highest BCUT2D eigenvalue weighted by molar-refractivity contribution is 5.86. The standard InChI is InChI=1S/C16H24N2O/c1-12-3-2-4-14(11-12)18-10-9-16(15(18)19)7-5-13(17)6-8-16/h11,13H,1-10,17H2. The molecule has 0 aromatic carbocycles. The van der Waals surface area contributed by atoms with Gasteiger partial charge in [0.2, 0.25) is 5.91 Å². The van der Waals surface area contributed by atoms with E-state index in [0.29, 0.717) is 11.9 Å². The van der Waals surface area contributed by atoms with Crippen LogP contribution in [0, 0.1) is 5.41 Å². The Morgan fingerprint density at radius 3 is 2.68 bits per heavy atom. The van der Waals surface area contributed by atoms with Crippen molar-refractivity contribution in [2.45, 2.75) is 57.4 Å². The summed E-state index contributed by atoms with van der Waals surface area (Å²) in [6.07, 6.45) is 10.4. The van der Waals surface area contributed by atoms with Gasteiger partial charge >= 0.3 is 0 Å². The van der Waals surface area contributed by atoms with E-state index in [0.717, 1.165) is 57.9 Å². The highest BCUT2D eigenvalue weighted by Gasteiger charge is 2.48. The van der Waals surface area contributed by atoms with Crippen LogP contribution in [0.15, 0.2) is 23.9 Å². The van der Waals surface area contributed by atoms with Crippen LogP contribution in [0.3, 0.4) is 0 Å². The van der Waals surface area contributed by atoms with Crippen LogP contribution in [0.5, 0.6) is 0 Å². The maximum atomic E-state index is 12.8. The van der Waals surface area contributed by atoms with Gasteiger partial charge in [-0.3, -0.25) is 4.79 Å². The van der Waals surface area contributed by atoms with E-state index in [-0.39, 0.29) is 5.41 Å². The largest absolute Gasteiger partial charge is 0.328 e. The molecule has 2 aliphatic carbocycles. The van der Waals surface area contributed by atoms with E-state index >= 15 is 0 Å². The molecule has 0 aromatic heterocycles. The van der Waals surface area contributed by atoms with Crippen LogP contribution in [0.2, 0.25) is 0 Å². The molecule has 1 saturated heterocycles. The third-order valence-corrected chi connectivity index (χ3v) is 5.15. The van der Waals surface area contributed by atoms with Crippen LogP contribution < -0.4 is 5.73 Å². The van der Waals surface area contributed by atoms with E-state index in [1.165, 1.54) is 11.3 Å². The first kappa shape index (κ1) is 12.9. The normalized spacial score (nSPS) is 35.9. The summed E-state index contributed by atoms with van der Waals surface area (Å²) in [6, 6.07) is 0.307. The Kier molecular flexibility index (Phi) is 3.25. The summed E-state index contributed by atoms with van der Waals surface area (Å²) >= 11 is 0. The average molecular weight is 260 g/mol. The van der Waals surface area contributed by atoms with Crippen LogP contribution >= 0.6 is 0 Å². The van der Waals surface area contributed by atoms with Gasteiger partial charge in [0.1, 0.15) is 0 Å². The fourth-order valence-corrected chi connectivity index (χ4v) is 3.84. The van der Waals surface area contributed by atoms with Gasteiger partial charge in [0.25, 0.3) is 0 Å². The van der Waals surface area contributed by atoms with E-state index in [4.69, 9.17) is 5.73 Å². The SMILES string of the molecule is C=C1C=C(N2CCC3(CCC(N)CC3)C2=O)CCC1. The Morgan fingerprint density at radius 2 is 2.00 bits per heavy atom. The maximum Gasteiger partial charge on any atom is 0.233 e. The maximum absolute atomic E-state index is 12.8. The molecule has 104 valence electrons. The summed E-state index contributed by atoms with van der Waals surface area (Å²) in [5.41, 5.74) is 8.26. The van der Waals surface area contributed by atoms with Crippen molar-refractivity contribution in [2.24, 2.45) is 11.1 Å². The minimum absolute atomic E-state index is 0.0878. The first-order valence-electron chi connectivity index (χ1n) is 7.57. The zero-order valence-corrected chi connectivity index (χ0v) is 11.7. The molecule has 2 N–H and O–H groups in total. The lowest BCUT2D eigenvalue weighted by Gasteiger charge is -2.35. The summed E-state index contributed by atoms with van der Waals surface area (Å²) in [7, 11) is 0. The Morgan fingerprint density at radius 1 is 1.26 bits per heavy atom. The van der Waals surface area contributed by atoms with Crippen LogP contribution in [0.1, 0.15) is 51.4 Å². The minimum Gasteiger partial charge on any atom is -0.328 e. The van der Waals surface area contributed by atoms with E-state index in [1.807, 2.05) is 4.90 Å². The highest BCUT2D eigenvalue weighted by Crippen LogP contribution is 2.46. The molecule has 0 aromatic rings. The van der Waals surface area contributed by atoms with Crippen molar-refractivity contribution in [3.05, 3.63) is 23.9 Å². The molecular formula is C16H24N2O. The molecule has 2 fully saturated rings. The third kappa shape index (κ3) is 2.25. The Balaban J connectivity index is 1.77. The second-order valence-corrected chi connectivity index (χ2v) is 6.47. The van der Waals surface area contributed by atoms with Crippen molar-refractivity contribution >= 4 is 5.91 Å². The predicted octanol–water partition coefficient (Wildman–Crippen LogP) is 2.73. The number of rotatable bonds is 1. The molecule has 0 atom stereocenters. The lowest BCUT2D eigenvalue weighted by molar-refractivity contribution is -0.136. The molecule has 0 bridgehead atoms. The molecule has 3 heteroatoms. The Bertz CT molecular complexity index is 430. The van der Waals surface area contributed by atoms with Crippen LogP contribution in [0.25, 0.3) is 0 Å². The Labute approximate surface area is 115 Å². The number of allylic oxidation sites excluding steroid dienone is 3. The number of hydrogen-bond acceptors (Lipinski definition) is 2. The number of hydrogen-bond donors (Lipinski definition) is 1. The molecule has 1 amide bonds. The molecule has 3 nitrogen and oxygen atoms in total. The van der Waals surface area contributed by atoms with Gasteiger partial charge in [-0.25, -0.2) is 0 Å². The fourth-order valence-electron chi connectivity index (χ4n) is 3.84. The van der Waals surface area contributed by atoms with Crippen LogP contribution in [-0.4, -0.2) is 23.4 Å². The van der Waals surface area contributed by atoms with Crippen molar-refractivity contribution in [1.29, 1.82) is 0 Å². The number of carbonyl (C=O) groups excluding carboxylic acids is 1. The summed E-state index contributed by atoms with van der Waals surface area (Å²) in [5.74, 6) is 0.361. The molecule has 1 aliphatic heterocycles. The van der Waals surface area contributed by atoms with Crippen LogP contribution in [-0.2, 0) is 4.79 Å². The molecule has 1 spiro atoms. The molecular weight excluding hydrogens is 236 g/mol. The molecule has 3 aliphatic rings. The smallest absolute Gasteiger partial charge is 0.233 e. The Hall–Kier alpha value is -1.09. The summed E-state index contributed by atoms with van der Waals surface area (Å²) in [6.45, 7) is 4.94. The number of carbonyl (C=O) groups is 1. The van der Waals surface area contributed by atoms with E-state index < -0.39 is 0 Å². The van der Waals surface area contributed by atoms with Gasteiger partial charge in [0, 0.05) is 18.3 Å². The van der Waals surface area contributed by atoms with Gasteiger partial charge in [-0.1, -0.05) is 12.2 Å². The van der Waals surface area contributed by atoms with Gasteiger partial charge in [0.05, 0.1) is 5.41 Å². The van der Waals surface area contributed by atoms with E-state index in [9.17, 15) is 4.79 Å². The van der Waals surface area contributed by atoms with Crippen molar-refractivity contribution in [3.63, 3.8) is 0 Å². The molecule has 3 rings (SSSR count). The number of amides is 1. The lowest BCUT2D eigenvalue weighted by atomic mass is 9.71. The van der Waals surface area contributed by atoms with Gasteiger partial charge < -0.3 is 10.6 Å². The topological polar surface area (TPSA) is 46.3 Å². The first-order chi connectivity index (χ1) is 9.11. The number of likely N-dealkylation sites (tertiary alicyclic amines) is 1. The van der Waals surface area contributed by atoms with E-state index in [1.54, 1.807) is 0 Å². The molecule has 19 heavy (non-hydrogen) atoms. The first-order valence-corrected chi connectivity index (χ1v) is 7.57. The summed E-state index contributed by atoms with van der Waals surface area (Å²) in [5, 5.41) is 0. The van der Waals surface area contributed by atoms with Gasteiger partial charge in [-0.2, -0.15) is 0 Å². The second-order valence-electron chi connectivity index (χ2n) is 6.47. The monoisotopic (exact) mass is 260 g/mol. The van der Waals surface area contributed by atoms with Gasteiger partial charge in [-0.05, 0) is 57.4 Å². The van der Waals surface area contributed by atoms with Gasteiger partial charge in [-0.15, -0.1) is 0 Å². The second kappa shape index (κ2) is 4.78. The van der Waals surface area contributed by atoms with Crippen molar-refractivity contribution in [1.82, 2.24) is 4.90 Å². The fraction of sp³-hybridized carbons (Fsp3) is 0.688. The molecule has 0 radical (unpaired) electrons. The number of nitrogens with two attached hydrogens (primary N) is 1. The lowest BCUT2D eigenvalue weighted by Crippen LogP contribution is -2.40. The summed E-state index contributed by atoms with van der Waals surface area (Å²) in [4.78, 5) is 14.9. The minimum atomic E-state index is -0.0878. The number of nitrogens with zero attached hydrogens (tertiary/aromatic N) is 1. The zero-order valence-electron chi connectivity index (χ0n) is 11.7. The molecule has 1 saturated carbocycles. The molecule has 1 heterocycles. The van der Waals surface area contributed by atoms with Gasteiger partial charge in [0.15, 0.2) is 0 Å². The van der Waals surface area contributed by atoms with E-state index in [2.05, 4.69) is 12.7 Å².